The maximum Gasteiger partial charge on any atom is 0 e. The van der Waals surface area contributed by atoms with Crippen LogP contribution in [0, 0.1) is 0 Å². The number of rotatable bonds is 0. The van der Waals surface area contributed by atoms with Crippen molar-refractivity contribution in [1.29, 1.82) is 0 Å². The smallest absolute Gasteiger partial charge is 0 e. The fourth-order valence-electron chi connectivity index (χ4n) is 0. The van der Waals surface area contributed by atoms with Crippen LogP contribution >= 0.6 is 0 Å². The zero-order chi connectivity index (χ0) is 0. The summed E-state index contributed by atoms with van der Waals surface area (Å²) in [6.07, 6.45) is 0. The molecule has 4 heavy (non-hydrogen) atoms. The van der Waals surface area contributed by atoms with Crippen LogP contribution in [0.3, 0.4) is 0 Å². The van der Waals surface area contributed by atoms with Gasteiger partial charge in [-0.25, -0.2) is 0 Å². The average molecular weight is 97.1 g/mol. The first-order chi connectivity index (χ1) is 0. The molecule has 0 aromatic heterocycles. The molecule has 7 radical (unpaired) electrons. The summed E-state index contributed by atoms with van der Waals surface area (Å²) < 4.78 is 0. The Morgan fingerprint density at radius 3 is 1.00 bits per heavy atom. The Morgan fingerprint density at radius 2 is 1.00 bits per heavy atom. The van der Waals surface area contributed by atoms with Gasteiger partial charge in [0, 0.05) is 28.3 Å². The fourth-order valence-corrected chi connectivity index (χ4v) is 0. The Balaban J connectivity index is 0. The third-order valence-corrected chi connectivity index (χ3v) is 0. The average Bonchev–Trinajstić information content (AvgIpc) is 0. The van der Waals surface area contributed by atoms with Crippen molar-refractivity contribution in [3.63, 3.8) is 0 Å². The van der Waals surface area contributed by atoms with Crippen LogP contribution in [-0.4, -0.2) is 63.4 Å². The number of hydrogen-bond acceptors (Lipinski definition) is 0. The van der Waals surface area contributed by atoms with Crippen molar-refractivity contribution >= 4 is 57.9 Å². The van der Waals surface area contributed by atoms with Crippen LogP contribution in [0.25, 0.3) is 0 Å². The largest absolute Gasteiger partial charge is 0 e. The van der Waals surface area contributed by atoms with Crippen LogP contribution in [-0.2, 0) is 0 Å². The molecule has 0 bridgehead atoms. The van der Waals surface area contributed by atoms with Crippen molar-refractivity contribution in [3.8, 4) is 0 Å². The Bertz CT molecular complexity index is 8.00. The minimum absolute atomic E-state index is 0. The molecule has 0 saturated carbocycles. The molecule has 0 aliphatic rings. The monoisotopic (exact) mass is 97.0 g/mol. The van der Waals surface area contributed by atoms with Gasteiger partial charge in [-0.3, -0.25) is 0 Å². The van der Waals surface area contributed by atoms with E-state index in [1.807, 2.05) is 0 Å². The SMILES string of the molecule is O.[Al].[NaH].[Si]. The fraction of sp³-hybridized carbons (Fsp3) is 0. The topological polar surface area (TPSA) is 31.5 Å². The van der Waals surface area contributed by atoms with Gasteiger partial charge >= 0.3 is 29.6 Å². The molecule has 0 fully saturated rings. The van der Waals surface area contributed by atoms with E-state index < -0.39 is 0 Å². The summed E-state index contributed by atoms with van der Waals surface area (Å²) in [7, 11) is 0. The van der Waals surface area contributed by atoms with Crippen molar-refractivity contribution in [2.75, 3.05) is 0 Å². The van der Waals surface area contributed by atoms with Gasteiger partial charge in [-0.05, 0) is 0 Å². The van der Waals surface area contributed by atoms with E-state index in [2.05, 4.69) is 0 Å². The second kappa shape index (κ2) is 22.2. The van der Waals surface area contributed by atoms with E-state index in [0.29, 0.717) is 0 Å². The van der Waals surface area contributed by atoms with Crippen LogP contribution < -0.4 is 0 Å². The van der Waals surface area contributed by atoms with Crippen LogP contribution in [0.4, 0.5) is 0 Å². The molecule has 0 saturated heterocycles. The summed E-state index contributed by atoms with van der Waals surface area (Å²) in [4.78, 5) is 0. The van der Waals surface area contributed by atoms with Crippen molar-refractivity contribution in [3.05, 3.63) is 0 Å². The Hall–Kier alpha value is 1.71. The van der Waals surface area contributed by atoms with E-state index in [0.717, 1.165) is 0 Å². The quantitative estimate of drug-likeness (QED) is 0.306. The summed E-state index contributed by atoms with van der Waals surface area (Å²) in [6, 6.07) is 0. The van der Waals surface area contributed by atoms with Gasteiger partial charge in [-0.1, -0.05) is 0 Å². The standard InChI is InChI=1S/Al.Na.H2O.Si.H/h;;1H2;;. The molecule has 0 heterocycles. The predicted octanol–water partition coefficient (Wildman–Crippen LogP) is -2.23. The summed E-state index contributed by atoms with van der Waals surface area (Å²) in [5.74, 6) is 0. The van der Waals surface area contributed by atoms with E-state index in [4.69, 9.17) is 0 Å². The van der Waals surface area contributed by atoms with E-state index in [1.165, 1.54) is 0 Å². The van der Waals surface area contributed by atoms with Crippen molar-refractivity contribution in [1.82, 2.24) is 0 Å². The molecule has 0 rings (SSSR count). The first-order valence-corrected chi connectivity index (χ1v) is 0. The molecular formula is H3AlNaOSi. The van der Waals surface area contributed by atoms with Gasteiger partial charge in [0.1, 0.15) is 0 Å². The van der Waals surface area contributed by atoms with E-state index >= 15 is 0 Å². The molecule has 0 aliphatic heterocycles. The molecule has 17 valence electrons. The Labute approximate surface area is 62.9 Å². The van der Waals surface area contributed by atoms with Gasteiger partial charge in [0.05, 0.1) is 0 Å². The second-order valence-electron chi connectivity index (χ2n) is 0. The van der Waals surface area contributed by atoms with Gasteiger partial charge in [0.15, 0.2) is 0 Å². The first-order valence-electron chi connectivity index (χ1n) is 0. The minimum atomic E-state index is 0. The summed E-state index contributed by atoms with van der Waals surface area (Å²) in [6.45, 7) is 0. The Kier molecular flexibility index (Phi) is 240. The van der Waals surface area contributed by atoms with Gasteiger partial charge in [-0.2, -0.15) is 0 Å². The zero-order valence-electron chi connectivity index (χ0n) is 1.58. The molecule has 0 aromatic rings. The van der Waals surface area contributed by atoms with E-state index in [-0.39, 0.29) is 63.4 Å². The molecule has 4 heteroatoms. The summed E-state index contributed by atoms with van der Waals surface area (Å²) in [5, 5.41) is 0. The second-order valence-corrected chi connectivity index (χ2v) is 0. The molecule has 2 N–H and O–H groups in total. The molecule has 0 unspecified atom stereocenters. The molecular weight excluding hydrogens is 94.1 g/mol. The van der Waals surface area contributed by atoms with Crippen LogP contribution in [0.5, 0.6) is 0 Å². The maximum absolute atomic E-state index is 0. The third kappa shape index (κ3) is 9.32. The number of hydrogen-bond donors (Lipinski definition) is 0. The van der Waals surface area contributed by atoms with Gasteiger partial charge in [0.2, 0.25) is 0 Å². The summed E-state index contributed by atoms with van der Waals surface area (Å²) >= 11 is 0. The molecule has 0 atom stereocenters. The molecule has 1 nitrogen and oxygen atoms in total. The van der Waals surface area contributed by atoms with Gasteiger partial charge < -0.3 is 5.48 Å². The van der Waals surface area contributed by atoms with E-state index in [9.17, 15) is 0 Å². The maximum atomic E-state index is 0. The van der Waals surface area contributed by atoms with Crippen LogP contribution in [0.1, 0.15) is 0 Å². The zero-order valence-corrected chi connectivity index (χ0v) is 3.73. The predicted molar refractivity (Wildman–Crippen MR) is 22.3 cm³/mol. The molecule has 0 aromatic carbocycles. The normalized spacial score (nSPS) is 0. The third-order valence-electron chi connectivity index (χ3n) is 0. The van der Waals surface area contributed by atoms with Crippen molar-refractivity contribution < 1.29 is 5.48 Å². The Morgan fingerprint density at radius 1 is 1.00 bits per heavy atom. The summed E-state index contributed by atoms with van der Waals surface area (Å²) in [5.41, 5.74) is 0. The van der Waals surface area contributed by atoms with Gasteiger partial charge in [0.25, 0.3) is 0 Å². The van der Waals surface area contributed by atoms with Gasteiger partial charge in [-0.15, -0.1) is 0 Å². The first kappa shape index (κ1) is 43.3. The van der Waals surface area contributed by atoms with Crippen molar-refractivity contribution in [2.45, 2.75) is 0 Å². The van der Waals surface area contributed by atoms with Crippen molar-refractivity contribution in [2.24, 2.45) is 0 Å². The minimum Gasteiger partial charge on any atom is 0 e. The molecule has 0 amide bonds. The van der Waals surface area contributed by atoms with E-state index in [1.54, 1.807) is 0 Å². The molecule has 0 spiro atoms. The van der Waals surface area contributed by atoms with Crippen LogP contribution in [0.2, 0.25) is 0 Å². The molecule has 0 aliphatic carbocycles. The van der Waals surface area contributed by atoms with Crippen LogP contribution in [0.15, 0.2) is 0 Å².